The third-order valence-corrected chi connectivity index (χ3v) is 5.47. The molecule has 1 aromatic rings. The van der Waals surface area contributed by atoms with Gasteiger partial charge in [0.1, 0.15) is 5.25 Å². The number of piperidine rings is 1. The molecule has 2 heterocycles. The number of aliphatic carboxylic acids is 1. The maximum absolute atomic E-state index is 11.7. The molecule has 2 saturated heterocycles. The van der Waals surface area contributed by atoms with Gasteiger partial charge in [-0.2, -0.15) is 5.10 Å². The Bertz CT molecular complexity index is 850. The number of carbonyl (C=O) groups excluding carboxylic acids is 1. The van der Waals surface area contributed by atoms with Crippen LogP contribution in [0, 0.1) is 10.1 Å². The van der Waals surface area contributed by atoms with Crippen LogP contribution in [0.4, 0.5) is 11.4 Å². The van der Waals surface area contributed by atoms with Crippen molar-refractivity contribution in [2.45, 2.75) is 30.9 Å². The zero-order valence-electron chi connectivity index (χ0n) is 14.9. The van der Waals surface area contributed by atoms with Crippen LogP contribution >= 0.6 is 11.8 Å². The minimum atomic E-state index is -1.07. The molecule has 0 bridgehead atoms. The van der Waals surface area contributed by atoms with Gasteiger partial charge in [-0.1, -0.05) is 11.8 Å². The fourth-order valence-corrected chi connectivity index (χ4v) is 3.99. The van der Waals surface area contributed by atoms with Gasteiger partial charge in [-0.25, -0.2) is 0 Å². The number of anilines is 1. The molecule has 0 spiro atoms. The van der Waals surface area contributed by atoms with Gasteiger partial charge in [0.05, 0.1) is 17.6 Å². The van der Waals surface area contributed by atoms with Gasteiger partial charge in [-0.15, -0.1) is 5.10 Å². The molecule has 0 aliphatic carbocycles. The van der Waals surface area contributed by atoms with E-state index in [4.69, 9.17) is 5.11 Å². The number of hydrogen-bond donors (Lipinski definition) is 2. The number of amides is 1. The maximum atomic E-state index is 11.7. The number of carboxylic acids is 1. The van der Waals surface area contributed by atoms with Crippen LogP contribution in [0.5, 0.6) is 0 Å². The van der Waals surface area contributed by atoms with E-state index in [-0.39, 0.29) is 17.3 Å². The van der Waals surface area contributed by atoms with Crippen molar-refractivity contribution in [2.24, 2.45) is 10.2 Å². The van der Waals surface area contributed by atoms with Crippen LogP contribution < -0.4 is 10.2 Å². The van der Waals surface area contributed by atoms with Gasteiger partial charge in [-0.05, 0) is 25.3 Å². The Morgan fingerprint density at radius 1 is 1.39 bits per heavy atom. The van der Waals surface area contributed by atoms with Crippen molar-refractivity contribution in [3.05, 3.63) is 33.9 Å². The molecule has 1 unspecified atom stereocenters. The first-order valence-corrected chi connectivity index (χ1v) is 9.66. The number of nitro benzene ring substituents is 1. The number of non-ortho nitro benzene ring substituents is 1. The average molecular weight is 405 g/mol. The predicted molar refractivity (Wildman–Crippen MR) is 106 cm³/mol. The number of thioether (sulfide) groups is 1. The zero-order chi connectivity index (χ0) is 20.1. The van der Waals surface area contributed by atoms with Gasteiger partial charge < -0.3 is 15.3 Å². The fourth-order valence-electron chi connectivity index (χ4n) is 3.07. The molecule has 28 heavy (non-hydrogen) atoms. The lowest BCUT2D eigenvalue weighted by Crippen LogP contribution is -2.30. The molecular formula is C17H19N5O5S. The van der Waals surface area contributed by atoms with E-state index in [0.717, 1.165) is 49.8 Å². The highest BCUT2D eigenvalue weighted by atomic mass is 32.2. The second kappa shape index (κ2) is 8.83. The van der Waals surface area contributed by atoms with Crippen LogP contribution in [0.3, 0.4) is 0 Å². The quantitative estimate of drug-likeness (QED) is 0.419. The summed E-state index contributed by atoms with van der Waals surface area (Å²) >= 11 is 0.999. The van der Waals surface area contributed by atoms with E-state index in [1.807, 2.05) is 0 Å². The average Bonchev–Trinajstić information content (AvgIpc) is 3.01. The van der Waals surface area contributed by atoms with E-state index in [0.29, 0.717) is 5.56 Å². The maximum Gasteiger partial charge on any atom is 0.305 e. The van der Waals surface area contributed by atoms with Gasteiger partial charge in [0.2, 0.25) is 5.91 Å². The normalized spacial score (nSPS) is 21.3. The number of hydrogen-bond acceptors (Lipinski definition) is 8. The number of carboxylic acid groups (broad SMARTS) is 1. The molecule has 2 aliphatic heterocycles. The molecule has 2 N–H and O–H groups in total. The molecule has 1 atom stereocenters. The number of benzene rings is 1. The van der Waals surface area contributed by atoms with Crippen LogP contribution in [-0.4, -0.2) is 51.6 Å². The molecule has 1 aromatic carbocycles. The van der Waals surface area contributed by atoms with E-state index in [2.05, 4.69) is 20.4 Å². The molecular weight excluding hydrogens is 386 g/mol. The molecule has 2 aliphatic rings. The fraction of sp³-hybridized carbons (Fsp3) is 0.412. The first-order chi connectivity index (χ1) is 13.4. The Kier molecular flexibility index (Phi) is 6.24. The van der Waals surface area contributed by atoms with Crippen LogP contribution in [0.15, 0.2) is 28.4 Å². The molecule has 2 fully saturated rings. The van der Waals surface area contributed by atoms with Crippen LogP contribution in [0.1, 0.15) is 31.2 Å². The summed E-state index contributed by atoms with van der Waals surface area (Å²) in [7, 11) is 0. The minimum Gasteiger partial charge on any atom is -0.481 e. The van der Waals surface area contributed by atoms with Gasteiger partial charge in [-0.3, -0.25) is 19.7 Å². The summed E-state index contributed by atoms with van der Waals surface area (Å²) in [5.41, 5.74) is 1.37. The predicted octanol–water partition coefficient (Wildman–Crippen LogP) is 1.98. The molecule has 0 saturated carbocycles. The molecule has 10 nitrogen and oxygen atoms in total. The van der Waals surface area contributed by atoms with E-state index in [1.165, 1.54) is 18.3 Å². The molecule has 0 radical (unpaired) electrons. The lowest BCUT2D eigenvalue weighted by molar-refractivity contribution is -0.384. The van der Waals surface area contributed by atoms with Gasteiger partial charge in [0.15, 0.2) is 5.17 Å². The Labute approximate surface area is 164 Å². The van der Waals surface area contributed by atoms with Gasteiger partial charge in [0.25, 0.3) is 5.69 Å². The highest BCUT2D eigenvalue weighted by Crippen LogP contribution is 2.27. The van der Waals surface area contributed by atoms with E-state index < -0.39 is 22.0 Å². The molecule has 11 heteroatoms. The Balaban J connectivity index is 1.80. The van der Waals surface area contributed by atoms with Crippen LogP contribution in [0.2, 0.25) is 0 Å². The van der Waals surface area contributed by atoms with E-state index >= 15 is 0 Å². The van der Waals surface area contributed by atoms with Crippen molar-refractivity contribution in [1.29, 1.82) is 0 Å². The molecule has 0 aromatic heterocycles. The zero-order valence-corrected chi connectivity index (χ0v) is 15.7. The Morgan fingerprint density at radius 2 is 2.14 bits per heavy atom. The summed E-state index contributed by atoms with van der Waals surface area (Å²) in [5.74, 6) is -1.49. The standard InChI is InChI=1S/C17H19N5O5S/c23-15(24)9-14-16(25)19-17(28-14)20-18-10-11-8-12(22(26)27)4-5-13(11)21-6-2-1-3-7-21/h4-5,8,10,14H,1-3,6-7,9H2,(H,23,24)(H,19,20,25). The SMILES string of the molecule is O=C(O)CC1SC(=NN=Cc2cc([N+](=O)[O-])ccc2N2CCCCC2)NC1=O. The van der Waals surface area contributed by atoms with Crippen LogP contribution in [-0.2, 0) is 9.59 Å². The van der Waals surface area contributed by atoms with Crippen molar-refractivity contribution in [3.8, 4) is 0 Å². The summed E-state index contributed by atoms with van der Waals surface area (Å²) in [6, 6.07) is 4.63. The van der Waals surface area contributed by atoms with Gasteiger partial charge >= 0.3 is 5.97 Å². The number of carbonyl (C=O) groups is 2. The second-order valence-corrected chi connectivity index (χ2v) is 7.58. The molecule has 1 amide bonds. The third-order valence-electron chi connectivity index (χ3n) is 4.40. The second-order valence-electron chi connectivity index (χ2n) is 6.39. The number of nitro groups is 1. The number of nitrogens with zero attached hydrogens (tertiary/aromatic N) is 4. The number of nitrogens with one attached hydrogen (secondary N) is 1. The van der Waals surface area contributed by atoms with E-state index in [9.17, 15) is 19.7 Å². The summed E-state index contributed by atoms with van der Waals surface area (Å²) < 4.78 is 0. The third kappa shape index (κ3) is 4.85. The summed E-state index contributed by atoms with van der Waals surface area (Å²) in [6.07, 6.45) is 4.40. The lowest BCUT2D eigenvalue weighted by Gasteiger charge is -2.29. The highest BCUT2D eigenvalue weighted by Gasteiger charge is 2.32. The van der Waals surface area contributed by atoms with Crippen molar-refractivity contribution in [3.63, 3.8) is 0 Å². The molecule has 148 valence electrons. The van der Waals surface area contributed by atoms with Crippen molar-refractivity contribution >= 4 is 46.4 Å². The highest BCUT2D eigenvalue weighted by molar-refractivity contribution is 8.15. The first-order valence-electron chi connectivity index (χ1n) is 8.78. The van der Waals surface area contributed by atoms with Crippen LogP contribution in [0.25, 0.3) is 0 Å². The number of rotatable bonds is 6. The smallest absolute Gasteiger partial charge is 0.305 e. The topological polar surface area (TPSA) is 138 Å². The monoisotopic (exact) mass is 405 g/mol. The Hall–Kier alpha value is -2.95. The van der Waals surface area contributed by atoms with Gasteiger partial charge in [0, 0.05) is 36.5 Å². The summed E-state index contributed by atoms with van der Waals surface area (Å²) in [4.78, 5) is 35.3. The number of amidine groups is 1. The van der Waals surface area contributed by atoms with Crippen molar-refractivity contribution in [1.82, 2.24) is 5.32 Å². The first kappa shape index (κ1) is 19.8. The lowest BCUT2D eigenvalue weighted by atomic mass is 10.1. The molecule has 3 rings (SSSR count). The van der Waals surface area contributed by atoms with Crippen molar-refractivity contribution in [2.75, 3.05) is 18.0 Å². The largest absolute Gasteiger partial charge is 0.481 e. The van der Waals surface area contributed by atoms with Crippen molar-refractivity contribution < 1.29 is 19.6 Å². The van der Waals surface area contributed by atoms with E-state index in [1.54, 1.807) is 6.07 Å². The summed E-state index contributed by atoms with van der Waals surface area (Å²) in [5, 5.41) is 29.7. The minimum absolute atomic E-state index is 0.0417. The summed E-state index contributed by atoms with van der Waals surface area (Å²) in [6.45, 7) is 1.74. The Morgan fingerprint density at radius 3 is 2.82 bits per heavy atom.